The summed E-state index contributed by atoms with van der Waals surface area (Å²) in [6, 6.07) is 0.278. The highest BCUT2D eigenvalue weighted by molar-refractivity contribution is 4.96. The Bertz CT molecular complexity index is 338. The molecule has 0 saturated carbocycles. The molecule has 1 aliphatic rings. The van der Waals surface area contributed by atoms with Crippen LogP contribution < -0.4 is 0 Å². The minimum Gasteiger partial charge on any atom is -0.393 e. The van der Waals surface area contributed by atoms with Crippen molar-refractivity contribution >= 4 is 0 Å². The Morgan fingerprint density at radius 1 is 1.56 bits per heavy atom. The van der Waals surface area contributed by atoms with Crippen molar-refractivity contribution in [3.05, 3.63) is 11.7 Å². The fourth-order valence-corrected chi connectivity index (χ4v) is 2.14. The smallest absolute Gasteiger partial charge is 0.229 e. The third kappa shape index (κ3) is 2.59. The Morgan fingerprint density at radius 2 is 2.38 bits per heavy atom. The van der Waals surface area contributed by atoms with E-state index >= 15 is 0 Å². The van der Waals surface area contributed by atoms with Crippen LogP contribution in [0.4, 0.5) is 0 Å². The summed E-state index contributed by atoms with van der Waals surface area (Å²) >= 11 is 0. The number of aliphatic hydroxyl groups excluding tert-OH is 1. The Morgan fingerprint density at radius 3 is 3.06 bits per heavy atom. The highest BCUT2D eigenvalue weighted by Gasteiger charge is 2.25. The van der Waals surface area contributed by atoms with Gasteiger partial charge in [-0.25, -0.2) is 0 Å². The van der Waals surface area contributed by atoms with Gasteiger partial charge in [-0.3, -0.25) is 4.90 Å². The molecule has 2 atom stereocenters. The van der Waals surface area contributed by atoms with Gasteiger partial charge in [0.15, 0.2) is 5.82 Å². The van der Waals surface area contributed by atoms with E-state index in [0.717, 1.165) is 18.8 Å². The summed E-state index contributed by atoms with van der Waals surface area (Å²) < 4.78 is 5.13. The molecule has 0 radical (unpaired) electrons. The van der Waals surface area contributed by atoms with Gasteiger partial charge in [0.1, 0.15) is 0 Å². The van der Waals surface area contributed by atoms with Crippen LogP contribution in [0.5, 0.6) is 0 Å². The summed E-state index contributed by atoms with van der Waals surface area (Å²) in [7, 11) is 2.09. The first kappa shape index (κ1) is 11.5. The van der Waals surface area contributed by atoms with Crippen molar-refractivity contribution in [3.63, 3.8) is 0 Å². The van der Waals surface area contributed by atoms with Crippen LogP contribution in [0.25, 0.3) is 0 Å². The average Bonchev–Trinajstić information content (AvgIpc) is 2.66. The van der Waals surface area contributed by atoms with Crippen molar-refractivity contribution in [2.45, 2.75) is 44.8 Å². The predicted octanol–water partition coefficient (Wildman–Crippen LogP) is 1.15. The summed E-state index contributed by atoms with van der Waals surface area (Å²) in [6.45, 7) is 2.81. The number of aromatic nitrogens is 2. The number of nitrogens with zero attached hydrogens (tertiary/aromatic N) is 3. The first-order chi connectivity index (χ1) is 7.66. The van der Waals surface area contributed by atoms with Crippen LogP contribution >= 0.6 is 0 Å². The maximum Gasteiger partial charge on any atom is 0.229 e. The second kappa shape index (κ2) is 4.93. The van der Waals surface area contributed by atoms with E-state index in [1.165, 1.54) is 12.8 Å². The molecule has 1 saturated heterocycles. The summed E-state index contributed by atoms with van der Waals surface area (Å²) in [5, 5.41) is 13.2. The van der Waals surface area contributed by atoms with Gasteiger partial charge in [0, 0.05) is 0 Å². The zero-order valence-corrected chi connectivity index (χ0v) is 9.89. The Hall–Kier alpha value is -0.940. The number of likely N-dealkylation sites (tertiary alicyclic amines) is 1. The van der Waals surface area contributed by atoms with Gasteiger partial charge < -0.3 is 9.63 Å². The number of aliphatic hydroxyl groups is 1. The minimum absolute atomic E-state index is 0.278. The third-order valence-electron chi connectivity index (χ3n) is 3.02. The van der Waals surface area contributed by atoms with E-state index < -0.39 is 6.10 Å². The van der Waals surface area contributed by atoms with Gasteiger partial charge in [-0.2, -0.15) is 4.98 Å². The second-order valence-corrected chi connectivity index (χ2v) is 4.59. The van der Waals surface area contributed by atoms with Crippen LogP contribution in [0.15, 0.2) is 4.52 Å². The van der Waals surface area contributed by atoms with E-state index in [-0.39, 0.29) is 6.04 Å². The molecule has 5 heteroatoms. The molecule has 2 rings (SSSR count). The number of hydrogen-bond donors (Lipinski definition) is 1. The van der Waals surface area contributed by atoms with Crippen molar-refractivity contribution in [2.24, 2.45) is 0 Å². The Balaban J connectivity index is 2.05. The van der Waals surface area contributed by atoms with Gasteiger partial charge in [-0.05, 0) is 33.4 Å². The lowest BCUT2D eigenvalue weighted by atomic mass is 10.0. The van der Waals surface area contributed by atoms with Gasteiger partial charge in [-0.1, -0.05) is 11.6 Å². The van der Waals surface area contributed by atoms with Crippen molar-refractivity contribution in [1.82, 2.24) is 15.0 Å². The molecule has 0 aliphatic carbocycles. The van der Waals surface area contributed by atoms with E-state index in [1.54, 1.807) is 6.92 Å². The van der Waals surface area contributed by atoms with Crippen LogP contribution in [-0.4, -0.2) is 39.8 Å². The van der Waals surface area contributed by atoms with E-state index in [2.05, 4.69) is 22.1 Å². The maximum absolute atomic E-state index is 9.24. The third-order valence-corrected chi connectivity index (χ3v) is 3.02. The Kier molecular flexibility index (Phi) is 3.56. The molecule has 1 aromatic heterocycles. The molecule has 90 valence electrons. The fourth-order valence-electron chi connectivity index (χ4n) is 2.14. The van der Waals surface area contributed by atoms with Crippen molar-refractivity contribution < 1.29 is 9.63 Å². The van der Waals surface area contributed by atoms with E-state index in [1.807, 2.05) is 0 Å². The molecule has 1 fully saturated rings. The number of hydrogen-bond acceptors (Lipinski definition) is 5. The maximum atomic E-state index is 9.24. The fraction of sp³-hybridized carbons (Fsp3) is 0.818. The number of rotatable bonds is 3. The van der Waals surface area contributed by atoms with Crippen LogP contribution in [-0.2, 0) is 6.42 Å². The standard InChI is InChI=1S/C11H19N3O2/c1-8(15)7-10-12-11(13-16-10)9-5-3-4-6-14(9)2/h8-9,15H,3-7H2,1-2H3. The summed E-state index contributed by atoms with van der Waals surface area (Å²) in [5.41, 5.74) is 0. The second-order valence-electron chi connectivity index (χ2n) is 4.59. The van der Waals surface area contributed by atoms with Crippen LogP contribution in [0.2, 0.25) is 0 Å². The molecule has 0 spiro atoms. The highest BCUT2D eigenvalue weighted by Crippen LogP contribution is 2.27. The topological polar surface area (TPSA) is 62.4 Å². The van der Waals surface area contributed by atoms with Gasteiger partial charge in [-0.15, -0.1) is 0 Å². The van der Waals surface area contributed by atoms with E-state index in [0.29, 0.717) is 12.3 Å². The summed E-state index contributed by atoms with van der Waals surface area (Å²) in [4.78, 5) is 6.61. The molecule has 2 heterocycles. The Labute approximate surface area is 95.4 Å². The summed E-state index contributed by atoms with van der Waals surface area (Å²) in [6.07, 6.45) is 3.55. The SMILES string of the molecule is CC(O)Cc1nc(C2CCCCN2C)no1. The quantitative estimate of drug-likeness (QED) is 0.836. The van der Waals surface area contributed by atoms with Crippen molar-refractivity contribution in [1.29, 1.82) is 0 Å². The molecule has 0 aromatic carbocycles. The first-order valence-electron chi connectivity index (χ1n) is 5.87. The largest absolute Gasteiger partial charge is 0.393 e. The van der Waals surface area contributed by atoms with Crippen molar-refractivity contribution in [2.75, 3.05) is 13.6 Å². The molecule has 1 N–H and O–H groups in total. The summed E-state index contributed by atoms with van der Waals surface area (Å²) in [5.74, 6) is 1.29. The lowest BCUT2D eigenvalue weighted by molar-refractivity contribution is 0.174. The average molecular weight is 225 g/mol. The predicted molar refractivity (Wildman–Crippen MR) is 58.9 cm³/mol. The van der Waals surface area contributed by atoms with E-state index in [4.69, 9.17) is 4.52 Å². The lowest BCUT2D eigenvalue weighted by Gasteiger charge is -2.29. The monoisotopic (exact) mass is 225 g/mol. The van der Waals surface area contributed by atoms with E-state index in [9.17, 15) is 5.11 Å². The van der Waals surface area contributed by atoms with Gasteiger partial charge >= 0.3 is 0 Å². The van der Waals surface area contributed by atoms with Crippen LogP contribution in [0.1, 0.15) is 43.9 Å². The van der Waals surface area contributed by atoms with Gasteiger partial charge in [0.25, 0.3) is 0 Å². The molecule has 2 unspecified atom stereocenters. The van der Waals surface area contributed by atoms with Crippen LogP contribution in [0, 0.1) is 0 Å². The number of piperidine rings is 1. The lowest BCUT2D eigenvalue weighted by Crippen LogP contribution is -2.30. The zero-order valence-electron chi connectivity index (χ0n) is 9.89. The molecule has 1 aromatic rings. The van der Waals surface area contributed by atoms with Crippen LogP contribution in [0.3, 0.4) is 0 Å². The molecule has 1 aliphatic heterocycles. The highest BCUT2D eigenvalue weighted by atomic mass is 16.5. The normalized spacial score (nSPS) is 24.6. The van der Waals surface area contributed by atoms with Gasteiger partial charge in [0.05, 0.1) is 18.6 Å². The molecule has 0 bridgehead atoms. The molecular weight excluding hydrogens is 206 g/mol. The molecule has 0 amide bonds. The first-order valence-corrected chi connectivity index (χ1v) is 5.87. The molecule has 5 nitrogen and oxygen atoms in total. The zero-order chi connectivity index (χ0) is 11.5. The van der Waals surface area contributed by atoms with Gasteiger partial charge in [0.2, 0.25) is 5.89 Å². The minimum atomic E-state index is -0.433. The van der Waals surface area contributed by atoms with Crippen molar-refractivity contribution in [3.8, 4) is 0 Å². The molecular formula is C11H19N3O2. The molecule has 16 heavy (non-hydrogen) atoms.